The summed E-state index contributed by atoms with van der Waals surface area (Å²) in [4.78, 5) is 31.0. The van der Waals surface area contributed by atoms with Crippen LogP contribution in [0.2, 0.25) is 5.02 Å². The van der Waals surface area contributed by atoms with Crippen molar-refractivity contribution in [2.75, 3.05) is 24.5 Å². The van der Waals surface area contributed by atoms with Gasteiger partial charge in [0.05, 0.1) is 58.0 Å². The highest BCUT2D eigenvalue weighted by Gasteiger charge is 2.32. The van der Waals surface area contributed by atoms with Gasteiger partial charge in [-0.15, -0.1) is 0 Å². The normalized spacial score (nSPS) is 21.0. The van der Waals surface area contributed by atoms with Crippen molar-refractivity contribution in [1.82, 2.24) is 5.32 Å². The van der Waals surface area contributed by atoms with E-state index in [1.807, 2.05) is 18.2 Å². The predicted octanol–water partition coefficient (Wildman–Crippen LogP) is 3.46. The third-order valence-corrected chi connectivity index (χ3v) is 8.83. The first kappa shape index (κ1) is 24.7. The molecule has 6 nitrogen and oxygen atoms in total. The Labute approximate surface area is 218 Å². The number of likely N-dealkylation sites (tertiary alicyclic amines) is 1. The van der Waals surface area contributed by atoms with E-state index in [0.717, 1.165) is 25.1 Å². The zero-order valence-corrected chi connectivity index (χ0v) is 21.7. The zero-order valence-electron chi connectivity index (χ0n) is 20.1. The summed E-state index contributed by atoms with van der Waals surface area (Å²) >= 11 is 6.20. The molecule has 3 atom stereocenters. The van der Waals surface area contributed by atoms with Gasteiger partial charge in [-0.1, -0.05) is 35.9 Å². The molecule has 0 aliphatic carbocycles. The van der Waals surface area contributed by atoms with Crippen LogP contribution in [0.1, 0.15) is 46.0 Å². The molecule has 2 heterocycles. The van der Waals surface area contributed by atoms with Crippen LogP contribution in [-0.2, 0) is 17.3 Å². The minimum atomic E-state index is -1.57. The molecule has 186 valence electrons. The molecule has 0 saturated carbocycles. The number of carbonyl (C=O) groups excluding carboxylic acids is 2. The van der Waals surface area contributed by atoms with E-state index < -0.39 is 10.8 Å². The molecule has 0 aromatic heterocycles. The Balaban J connectivity index is 1.50. The first-order valence-electron chi connectivity index (χ1n) is 12.3. The topological polar surface area (TPSA) is 70.9 Å². The van der Waals surface area contributed by atoms with Gasteiger partial charge in [-0.25, -0.2) is 4.21 Å². The molecule has 8 heteroatoms. The van der Waals surface area contributed by atoms with Crippen LogP contribution in [-0.4, -0.2) is 41.7 Å². The fourth-order valence-corrected chi connectivity index (χ4v) is 6.75. The molecule has 3 aromatic carbocycles. The summed E-state index contributed by atoms with van der Waals surface area (Å²) in [5.74, 6) is -0.453. The first-order chi connectivity index (χ1) is 17.5. The highest BCUT2D eigenvalue weighted by atomic mass is 35.5. The predicted molar refractivity (Wildman–Crippen MR) is 141 cm³/mol. The Hall–Kier alpha value is -3.00. The van der Waals surface area contributed by atoms with Gasteiger partial charge in [0.1, 0.15) is 6.04 Å². The molecule has 2 aliphatic heterocycles. The van der Waals surface area contributed by atoms with Gasteiger partial charge in [0.15, 0.2) is 0 Å². The lowest BCUT2D eigenvalue weighted by Gasteiger charge is -2.24. The average Bonchev–Trinajstić information content (AvgIpc) is 3.34. The smallest absolute Gasteiger partial charge is 0.259 e. The minimum Gasteiger partial charge on any atom is -0.346 e. The highest BCUT2D eigenvalue weighted by Crippen LogP contribution is 2.36. The molecule has 2 amide bonds. The third kappa shape index (κ3) is 4.83. The molecule has 1 saturated heterocycles. The van der Waals surface area contributed by atoms with E-state index in [9.17, 15) is 13.8 Å². The number of halogens is 1. The van der Waals surface area contributed by atoms with E-state index >= 15 is 0 Å². The molecule has 0 bridgehead atoms. The van der Waals surface area contributed by atoms with Crippen molar-refractivity contribution >= 4 is 39.9 Å². The van der Waals surface area contributed by atoms with E-state index in [0.29, 0.717) is 44.2 Å². The van der Waals surface area contributed by atoms with Crippen LogP contribution in [0.15, 0.2) is 76.5 Å². The number of hydrogen-bond acceptors (Lipinski definition) is 3. The summed E-state index contributed by atoms with van der Waals surface area (Å²) in [5.41, 5.74) is 2.15. The number of amides is 2. The maximum atomic E-state index is 13.7. The van der Waals surface area contributed by atoms with Crippen LogP contribution in [0.4, 0.5) is 5.69 Å². The maximum Gasteiger partial charge on any atom is 0.259 e. The molecule has 2 aliphatic rings. The van der Waals surface area contributed by atoms with Crippen LogP contribution >= 0.6 is 11.6 Å². The van der Waals surface area contributed by atoms with Crippen molar-refractivity contribution in [3.8, 4) is 0 Å². The van der Waals surface area contributed by atoms with Gasteiger partial charge in [-0.2, -0.15) is 0 Å². The van der Waals surface area contributed by atoms with Crippen molar-refractivity contribution in [1.29, 1.82) is 0 Å². The van der Waals surface area contributed by atoms with Gasteiger partial charge in [0.2, 0.25) is 0 Å². The summed E-state index contributed by atoms with van der Waals surface area (Å²) in [6.45, 7) is 5.21. The Morgan fingerprint density at radius 2 is 1.94 bits per heavy atom. The summed E-state index contributed by atoms with van der Waals surface area (Å²) < 4.78 is 13.6. The Kier molecular flexibility index (Phi) is 7.23. The average molecular weight is 523 g/mol. The maximum absolute atomic E-state index is 13.7. The first-order valence-corrected chi connectivity index (χ1v) is 13.8. The fraction of sp³-hybridized carbons (Fsp3) is 0.286. The van der Waals surface area contributed by atoms with Gasteiger partial charge in [-0.3, -0.25) is 9.59 Å². The Morgan fingerprint density at radius 1 is 1.11 bits per heavy atom. The summed E-state index contributed by atoms with van der Waals surface area (Å²) in [6, 6.07) is 19.8. The number of benzene rings is 3. The van der Waals surface area contributed by atoms with Crippen molar-refractivity contribution < 1.29 is 18.7 Å². The number of likely N-dealkylation sites (N-methyl/N-ethyl adjacent to an activating group) is 1. The summed E-state index contributed by atoms with van der Waals surface area (Å²) in [6.07, 6.45) is 2.28. The lowest BCUT2D eigenvalue weighted by Crippen LogP contribution is -3.14. The second kappa shape index (κ2) is 10.5. The number of fused-ring (bicyclic) bond motifs is 2. The second-order valence-corrected chi connectivity index (χ2v) is 11.1. The van der Waals surface area contributed by atoms with Crippen molar-refractivity contribution in [3.63, 3.8) is 0 Å². The van der Waals surface area contributed by atoms with Gasteiger partial charge >= 0.3 is 0 Å². The largest absolute Gasteiger partial charge is 0.346 e. The van der Waals surface area contributed by atoms with Crippen molar-refractivity contribution in [3.05, 3.63) is 88.4 Å². The number of rotatable bonds is 6. The molecule has 2 N–H and O–H groups in total. The monoisotopic (exact) mass is 522 g/mol. The quantitative estimate of drug-likeness (QED) is 0.521. The molecule has 0 radical (unpaired) electrons. The molecule has 1 fully saturated rings. The SMILES string of the molecule is CC[NH+]1CCCC1CNC(=O)c1ccc2c(c1)N(Cc1cccc(Cl)c1)C(=O)c1ccccc1S2=O. The van der Waals surface area contributed by atoms with Gasteiger partial charge in [0.25, 0.3) is 11.8 Å². The van der Waals surface area contributed by atoms with E-state index in [2.05, 4.69) is 12.2 Å². The van der Waals surface area contributed by atoms with Crippen LogP contribution in [0.5, 0.6) is 0 Å². The second-order valence-electron chi connectivity index (χ2n) is 9.28. The lowest BCUT2D eigenvalue weighted by atomic mass is 10.1. The third-order valence-electron chi connectivity index (χ3n) is 7.09. The fourth-order valence-electron chi connectivity index (χ4n) is 5.19. The zero-order chi connectivity index (χ0) is 25.2. The van der Waals surface area contributed by atoms with E-state index in [4.69, 9.17) is 11.6 Å². The molecule has 3 unspecified atom stereocenters. The number of quaternary nitrogens is 1. The van der Waals surface area contributed by atoms with Gasteiger partial charge in [-0.05, 0) is 55.0 Å². The molecule has 36 heavy (non-hydrogen) atoms. The number of carbonyl (C=O) groups is 2. The van der Waals surface area contributed by atoms with Gasteiger partial charge in [0, 0.05) is 23.4 Å². The number of hydrogen-bond donors (Lipinski definition) is 2. The van der Waals surface area contributed by atoms with Crippen LogP contribution in [0.3, 0.4) is 0 Å². The summed E-state index contributed by atoms with van der Waals surface area (Å²) in [7, 11) is -1.57. The van der Waals surface area contributed by atoms with E-state index in [-0.39, 0.29) is 18.4 Å². The van der Waals surface area contributed by atoms with Crippen molar-refractivity contribution in [2.24, 2.45) is 0 Å². The highest BCUT2D eigenvalue weighted by molar-refractivity contribution is 7.85. The van der Waals surface area contributed by atoms with E-state index in [1.54, 1.807) is 53.4 Å². The lowest BCUT2D eigenvalue weighted by molar-refractivity contribution is -0.909. The van der Waals surface area contributed by atoms with Crippen molar-refractivity contribution in [2.45, 2.75) is 42.1 Å². The molecular weight excluding hydrogens is 494 g/mol. The van der Waals surface area contributed by atoms with E-state index in [1.165, 1.54) is 11.3 Å². The number of nitrogens with zero attached hydrogens (tertiary/aromatic N) is 1. The molecule has 5 rings (SSSR count). The van der Waals surface area contributed by atoms with Crippen LogP contribution < -0.4 is 15.1 Å². The van der Waals surface area contributed by atoms with Gasteiger partial charge < -0.3 is 15.1 Å². The van der Waals surface area contributed by atoms with Crippen LogP contribution in [0, 0.1) is 0 Å². The molecular formula is C28H29ClN3O3S+. The Morgan fingerprint density at radius 3 is 2.75 bits per heavy atom. The number of nitrogens with one attached hydrogen (secondary N) is 2. The minimum absolute atomic E-state index is 0.192. The summed E-state index contributed by atoms with van der Waals surface area (Å²) in [5, 5.41) is 3.65. The number of anilines is 1. The standard InChI is InChI=1S/C28H28ClN3O3S/c1-2-31-14-6-9-22(31)17-30-27(33)20-12-13-26-24(16-20)32(18-19-7-5-8-21(29)15-19)28(34)23-10-3-4-11-25(23)36(26)35/h3-5,7-8,10-13,15-16,22H,2,6,9,14,17-18H2,1H3,(H,30,33)/p+1. The Bertz CT molecular complexity index is 1350. The molecule has 0 spiro atoms. The molecule has 3 aromatic rings. The van der Waals surface area contributed by atoms with Crippen LogP contribution in [0.25, 0.3) is 0 Å².